The Bertz CT molecular complexity index is 1290. The molecule has 1 atom stereocenters. The standard InChI is InChI=1S/C24H25N5O2S/c1-31-14-13-28-11-12-29(17-5-3-6-18(15-17)32(2)30)22-16-26-23(27-24(22)28)20-7-4-8-21-19(20)9-10-25-21/h3-10,15-16,25H,11-14H2,1-2H3. The second kappa shape index (κ2) is 8.72. The van der Waals surface area contributed by atoms with Crippen molar-refractivity contribution in [3.8, 4) is 11.4 Å². The van der Waals surface area contributed by atoms with E-state index in [-0.39, 0.29) is 0 Å². The summed E-state index contributed by atoms with van der Waals surface area (Å²) in [5.74, 6) is 1.58. The topological polar surface area (TPSA) is 74.3 Å². The van der Waals surface area contributed by atoms with Crippen molar-refractivity contribution in [1.29, 1.82) is 0 Å². The summed E-state index contributed by atoms with van der Waals surface area (Å²) in [4.78, 5) is 18.3. The van der Waals surface area contributed by atoms with Gasteiger partial charge in [-0.05, 0) is 30.3 Å². The van der Waals surface area contributed by atoms with E-state index in [1.54, 1.807) is 13.4 Å². The molecular weight excluding hydrogens is 422 g/mol. The van der Waals surface area contributed by atoms with E-state index in [0.717, 1.165) is 58.2 Å². The van der Waals surface area contributed by atoms with Crippen LogP contribution in [0.4, 0.5) is 17.2 Å². The lowest BCUT2D eigenvalue weighted by Crippen LogP contribution is -2.41. The van der Waals surface area contributed by atoms with Crippen LogP contribution in [0.15, 0.2) is 65.8 Å². The van der Waals surface area contributed by atoms with Gasteiger partial charge in [-0.3, -0.25) is 4.21 Å². The Labute approximate surface area is 189 Å². The van der Waals surface area contributed by atoms with E-state index in [1.165, 1.54) is 0 Å². The maximum atomic E-state index is 12.0. The smallest absolute Gasteiger partial charge is 0.162 e. The molecule has 7 nitrogen and oxygen atoms in total. The highest BCUT2D eigenvalue weighted by molar-refractivity contribution is 7.84. The lowest BCUT2D eigenvalue weighted by atomic mass is 10.1. The summed E-state index contributed by atoms with van der Waals surface area (Å²) >= 11 is 0. The SMILES string of the molecule is COCCN1CCN(c2cccc(S(C)=O)c2)c2cnc(-c3cccc4[nH]ccc34)nc21. The molecule has 1 aliphatic heterocycles. The molecule has 4 aromatic rings. The highest BCUT2D eigenvalue weighted by atomic mass is 32.2. The summed E-state index contributed by atoms with van der Waals surface area (Å²) < 4.78 is 17.4. The van der Waals surface area contributed by atoms with Crippen LogP contribution >= 0.6 is 0 Å². The lowest BCUT2D eigenvalue weighted by Gasteiger charge is -2.37. The molecule has 3 heterocycles. The van der Waals surface area contributed by atoms with Gasteiger partial charge in [-0.15, -0.1) is 0 Å². The number of benzene rings is 2. The van der Waals surface area contributed by atoms with Crippen molar-refractivity contribution in [2.24, 2.45) is 0 Å². The fraction of sp³-hybridized carbons (Fsp3) is 0.250. The van der Waals surface area contributed by atoms with Gasteiger partial charge in [-0.2, -0.15) is 0 Å². The molecule has 32 heavy (non-hydrogen) atoms. The molecule has 5 rings (SSSR count). The van der Waals surface area contributed by atoms with Gasteiger partial charge in [0.05, 0.1) is 12.8 Å². The Hall–Kier alpha value is -3.23. The number of methoxy groups -OCH3 is 1. The van der Waals surface area contributed by atoms with Crippen molar-refractivity contribution in [2.45, 2.75) is 4.90 Å². The van der Waals surface area contributed by atoms with Gasteiger partial charge in [-0.1, -0.05) is 18.2 Å². The van der Waals surface area contributed by atoms with Crippen molar-refractivity contribution in [3.05, 3.63) is 60.9 Å². The van der Waals surface area contributed by atoms with Crippen LogP contribution in [-0.4, -0.2) is 58.8 Å². The Morgan fingerprint density at radius 1 is 1.16 bits per heavy atom. The normalized spacial score (nSPS) is 14.6. The maximum Gasteiger partial charge on any atom is 0.162 e. The number of hydrogen-bond acceptors (Lipinski definition) is 6. The summed E-state index contributed by atoms with van der Waals surface area (Å²) in [6, 6.07) is 16.0. The van der Waals surface area contributed by atoms with Gasteiger partial charge in [0.2, 0.25) is 0 Å². The molecule has 2 aromatic heterocycles. The number of aromatic nitrogens is 3. The second-order valence-electron chi connectivity index (χ2n) is 7.73. The molecular formula is C24H25N5O2S. The zero-order valence-electron chi connectivity index (χ0n) is 18.1. The summed E-state index contributed by atoms with van der Waals surface area (Å²) in [5, 5.41) is 1.10. The molecule has 1 N–H and O–H groups in total. The van der Waals surface area contributed by atoms with E-state index >= 15 is 0 Å². The molecule has 0 saturated carbocycles. The van der Waals surface area contributed by atoms with Crippen LogP contribution in [0.1, 0.15) is 0 Å². The van der Waals surface area contributed by atoms with Crippen LogP contribution in [0.25, 0.3) is 22.3 Å². The van der Waals surface area contributed by atoms with Gasteiger partial charge in [0.1, 0.15) is 5.69 Å². The van der Waals surface area contributed by atoms with Gasteiger partial charge in [0, 0.05) is 77.0 Å². The average Bonchev–Trinajstić information content (AvgIpc) is 3.31. The fourth-order valence-electron chi connectivity index (χ4n) is 4.16. The summed E-state index contributed by atoms with van der Waals surface area (Å²) in [7, 11) is 0.675. The van der Waals surface area contributed by atoms with Crippen LogP contribution < -0.4 is 9.80 Å². The van der Waals surface area contributed by atoms with Gasteiger partial charge in [0.15, 0.2) is 11.6 Å². The molecule has 0 radical (unpaired) electrons. The van der Waals surface area contributed by atoms with Gasteiger partial charge in [0.25, 0.3) is 0 Å². The Balaban J connectivity index is 1.61. The van der Waals surface area contributed by atoms with E-state index in [4.69, 9.17) is 14.7 Å². The number of ether oxygens (including phenoxy) is 1. The molecule has 1 aliphatic rings. The highest BCUT2D eigenvalue weighted by Crippen LogP contribution is 2.38. The van der Waals surface area contributed by atoms with Crippen molar-refractivity contribution >= 4 is 38.9 Å². The first kappa shape index (κ1) is 20.7. The van der Waals surface area contributed by atoms with E-state index < -0.39 is 10.8 Å². The van der Waals surface area contributed by atoms with E-state index in [2.05, 4.69) is 33.0 Å². The first-order chi connectivity index (χ1) is 15.7. The quantitative estimate of drug-likeness (QED) is 0.482. The molecule has 1 unspecified atom stereocenters. The molecule has 0 aliphatic carbocycles. The Morgan fingerprint density at radius 3 is 2.88 bits per heavy atom. The minimum Gasteiger partial charge on any atom is -0.383 e. The molecule has 2 aromatic carbocycles. The monoisotopic (exact) mass is 447 g/mol. The minimum absolute atomic E-state index is 0.621. The predicted molar refractivity (Wildman–Crippen MR) is 129 cm³/mol. The largest absolute Gasteiger partial charge is 0.383 e. The molecule has 8 heteroatoms. The predicted octanol–water partition coefficient (Wildman–Crippen LogP) is 3.97. The molecule has 0 saturated heterocycles. The van der Waals surface area contributed by atoms with E-state index in [1.807, 2.05) is 42.7 Å². The van der Waals surface area contributed by atoms with Crippen LogP contribution in [0.2, 0.25) is 0 Å². The van der Waals surface area contributed by atoms with E-state index in [9.17, 15) is 4.21 Å². The molecule has 164 valence electrons. The number of aromatic amines is 1. The highest BCUT2D eigenvalue weighted by Gasteiger charge is 2.26. The number of nitrogens with one attached hydrogen (secondary N) is 1. The third kappa shape index (κ3) is 3.76. The van der Waals surface area contributed by atoms with Crippen LogP contribution in [0, 0.1) is 0 Å². The molecule has 0 fully saturated rings. The number of anilines is 3. The number of rotatable bonds is 6. The third-order valence-corrected chi connectivity index (χ3v) is 6.71. The molecule has 0 amide bonds. The van der Waals surface area contributed by atoms with Crippen molar-refractivity contribution in [3.63, 3.8) is 0 Å². The summed E-state index contributed by atoms with van der Waals surface area (Å²) in [5.41, 5.74) is 4.00. The average molecular weight is 448 g/mol. The van der Waals surface area contributed by atoms with Gasteiger partial charge >= 0.3 is 0 Å². The number of fused-ring (bicyclic) bond motifs is 2. The first-order valence-electron chi connectivity index (χ1n) is 10.5. The first-order valence-corrected chi connectivity index (χ1v) is 12.1. The van der Waals surface area contributed by atoms with E-state index in [0.29, 0.717) is 12.4 Å². The zero-order valence-corrected chi connectivity index (χ0v) is 18.9. The van der Waals surface area contributed by atoms with Crippen LogP contribution in [-0.2, 0) is 15.5 Å². The number of hydrogen-bond donors (Lipinski definition) is 1. The molecule has 0 bridgehead atoms. The van der Waals surface area contributed by atoms with Crippen molar-refractivity contribution in [1.82, 2.24) is 15.0 Å². The maximum absolute atomic E-state index is 12.0. The summed E-state index contributed by atoms with van der Waals surface area (Å²) in [6.45, 7) is 2.96. The van der Waals surface area contributed by atoms with Crippen molar-refractivity contribution in [2.75, 3.05) is 49.4 Å². The Morgan fingerprint density at radius 2 is 2.03 bits per heavy atom. The van der Waals surface area contributed by atoms with Crippen LogP contribution in [0.3, 0.4) is 0 Å². The number of H-pyrrole nitrogens is 1. The second-order valence-corrected chi connectivity index (χ2v) is 9.11. The van der Waals surface area contributed by atoms with Crippen LogP contribution in [0.5, 0.6) is 0 Å². The Kier molecular flexibility index (Phi) is 5.63. The summed E-state index contributed by atoms with van der Waals surface area (Å²) in [6.07, 6.45) is 5.54. The zero-order chi connectivity index (χ0) is 22.1. The fourth-order valence-corrected chi connectivity index (χ4v) is 4.72. The number of nitrogens with zero attached hydrogens (tertiary/aromatic N) is 4. The third-order valence-electron chi connectivity index (χ3n) is 5.80. The minimum atomic E-state index is -1.04. The van der Waals surface area contributed by atoms with Gasteiger partial charge < -0.3 is 19.5 Å². The van der Waals surface area contributed by atoms with Gasteiger partial charge in [-0.25, -0.2) is 9.97 Å². The van der Waals surface area contributed by atoms with Crippen molar-refractivity contribution < 1.29 is 8.95 Å². The molecule has 0 spiro atoms. The lowest BCUT2D eigenvalue weighted by molar-refractivity contribution is 0.205.